The third kappa shape index (κ3) is 4.05. The van der Waals surface area contributed by atoms with Crippen LogP contribution in [0.4, 0.5) is 0 Å². The molecule has 2 fully saturated rings. The molecular formula is C15H24O4. The van der Waals surface area contributed by atoms with Crippen molar-refractivity contribution in [2.45, 2.75) is 63.6 Å². The first-order valence-electron chi connectivity index (χ1n) is 7.37. The van der Waals surface area contributed by atoms with Gasteiger partial charge in [0.15, 0.2) is 0 Å². The quantitative estimate of drug-likeness (QED) is 0.685. The molecule has 0 bridgehead atoms. The molecule has 3 N–H and O–H groups in total. The summed E-state index contributed by atoms with van der Waals surface area (Å²) in [4.78, 5) is 11.4. The molecule has 0 radical (unpaired) electrons. The Labute approximate surface area is 114 Å². The highest BCUT2D eigenvalue weighted by Crippen LogP contribution is 2.33. The highest BCUT2D eigenvalue weighted by atomic mass is 16.4. The first kappa shape index (κ1) is 14.5. The largest absolute Gasteiger partial charge is 0.478 e. The SMILES string of the molecule is O=C(O)/C(=C/C1CCC(O)CC1)C1CCC(O)CC1. The van der Waals surface area contributed by atoms with Crippen LogP contribution in [-0.2, 0) is 4.79 Å². The lowest BCUT2D eigenvalue weighted by Crippen LogP contribution is -2.24. The molecule has 2 saturated carbocycles. The average Bonchev–Trinajstić information content (AvgIpc) is 2.39. The maximum Gasteiger partial charge on any atom is 0.331 e. The predicted octanol–water partition coefficient (Wildman–Crippen LogP) is 2.10. The third-order valence-electron chi connectivity index (χ3n) is 4.54. The lowest BCUT2D eigenvalue weighted by Gasteiger charge is -2.28. The zero-order valence-corrected chi connectivity index (χ0v) is 11.3. The molecule has 0 aromatic carbocycles. The van der Waals surface area contributed by atoms with Crippen molar-refractivity contribution in [1.82, 2.24) is 0 Å². The molecule has 108 valence electrons. The highest BCUT2D eigenvalue weighted by molar-refractivity contribution is 5.87. The van der Waals surface area contributed by atoms with Crippen LogP contribution in [0.25, 0.3) is 0 Å². The molecule has 0 aromatic heterocycles. The number of aliphatic hydroxyl groups is 2. The van der Waals surface area contributed by atoms with Gasteiger partial charge >= 0.3 is 5.97 Å². The Balaban J connectivity index is 2.01. The molecule has 0 aromatic rings. The van der Waals surface area contributed by atoms with Crippen LogP contribution in [-0.4, -0.2) is 33.5 Å². The molecule has 2 aliphatic rings. The van der Waals surface area contributed by atoms with E-state index in [1.165, 1.54) is 0 Å². The molecule has 2 rings (SSSR count). The number of carboxylic acids is 1. The Morgan fingerprint density at radius 3 is 1.79 bits per heavy atom. The van der Waals surface area contributed by atoms with Crippen molar-refractivity contribution >= 4 is 5.97 Å². The molecule has 0 spiro atoms. The van der Waals surface area contributed by atoms with E-state index in [0.717, 1.165) is 38.5 Å². The second-order valence-electron chi connectivity index (χ2n) is 6.00. The number of aliphatic carboxylic acids is 1. The smallest absolute Gasteiger partial charge is 0.331 e. The number of allylic oxidation sites excluding steroid dienone is 1. The minimum atomic E-state index is -0.812. The summed E-state index contributed by atoms with van der Waals surface area (Å²) >= 11 is 0. The summed E-state index contributed by atoms with van der Waals surface area (Å²) in [5, 5.41) is 28.4. The zero-order chi connectivity index (χ0) is 13.8. The van der Waals surface area contributed by atoms with Crippen molar-refractivity contribution in [3.8, 4) is 0 Å². The van der Waals surface area contributed by atoms with Crippen molar-refractivity contribution in [1.29, 1.82) is 0 Å². The normalized spacial score (nSPS) is 37.1. The third-order valence-corrected chi connectivity index (χ3v) is 4.54. The van der Waals surface area contributed by atoms with Gasteiger partial charge in [-0.15, -0.1) is 0 Å². The Hall–Kier alpha value is -0.870. The Morgan fingerprint density at radius 2 is 1.32 bits per heavy atom. The summed E-state index contributed by atoms with van der Waals surface area (Å²) < 4.78 is 0. The molecular weight excluding hydrogens is 244 g/mol. The summed E-state index contributed by atoms with van der Waals surface area (Å²) in [7, 11) is 0. The van der Waals surface area contributed by atoms with E-state index in [0.29, 0.717) is 24.3 Å². The minimum absolute atomic E-state index is 0.0905. The predicted molar refractivity (Wildman–Crippen MR) is 71.6 cm³/mol. The van der Waals surface area contributed by atoms with Crippen molar-refractivity contribution < 1.29 is 20.1 Å². The van der Waals surface area contributed by atoms with Gasteiger partial charge in [0.2, 0.25) is 0 Å². The van der Waals surface area contributed by atoms with Gasteiger partial charge in [0.25, 0.3) is 0 Å². The maximum absolute atomic E-state index is 11.4. The fraction of sp³-hybridized carbons (Fsp3) is 0.800. The van der Waals surface area contributed by atoms with Gasteiger partial charge in [-0.1, -0.05) is 6.08 Å². The minimum Gasteiger partial charge on any atom is -0.478 e. The van der Waals surface area contributed by atoms with Crippen LogP contribution in [0.5, 0.6) is 0 Å². The summed E-state index contributed by atoms with van der Waals surface area (Å²) in [5.74, 6) is -0.429. The molecule has 0 saturated heterocycles. The van der Waals surface area contributed by atoms with Crippen LogP contribution in [0, 0.1) is 11.8 Å². The summed E-state index contributed by atoms with van der Waals surface area (Å²) in [6, 6.07) is 0. The van der Waals surface area contributed by atoms with Crippen molar-refractivity contribution in [2.75, 3.05) is 0 Å². The number of carbonyl (C=O) groups is 1. The fourth-order valence-corrected chi connectivity index (χ4v) is 3.29. The topological polar surface area (TPSA) is 77.8 Å². The number of carboxylic acid groups (broad SMARTS) is 1. The van der Waals surface area contributed by atoms with Crippen molar-refractivity contribution in [3.63, 3.8) is 0 Å². The first-order chi connectivity index (χ1) is 9.06. The van der Waals surface area contributed by atoms with Gasteiger partial charge in [-0.25, -0.2) is 4.79 Å². The lowest BCUT2D eigenvalue weighted by molar-refractivity contribution is -0.133. The Morgan fingerprint density at radius 1 is 0.842 bits per heavy atom. The summed E-state index contributed by atoms with van der Waals surface area (Å²) in [5.41, 5.74) is 0.535. The highest BCUT2D eigenvalue weighted by Gasteiger charge is 2.27. The molecule has 0 unspecified atom stereocenters. The van der Waals surface area contributed by atoms with Crippen molar-refractivity contribution in [2.24, 2.45) is 11.8 Å². The molecule has 0 heterocycles. The van der Waals surface area contributed by atoms with Crippen LogP contribution in [0.1, 0.15) is 51.4 Å². The van der Waals surface area contributed by atoms with Gasteiger partial charge in [0.1, 0.15) is 0 Å². The van der Waals surface area contributed by atoms with E-state index in [-0.39, 0.29) is 18.1 Å². The summed E-state index contributed by atoms with van der Waals surface area (Å²) in [6.45, 7) is 0. The van der Waals surface area contributed by atoms with Crippen LogP contribution >= 0.6 is 0 Å². The molecule has 4 heteroatoms. The summed E-state index contributed by atoms with van der Waals surface area (Å²) in [6.07, 6.45) is 7.74. The molecule has 0 aliphatic heterocycles. The van der Waals surface area contributed by atoms with E-state index in [1.54, 1.807) is 0 Å². The van der Waals surface area contributed by atoms with Gasteiger partial charge in [0.05, 0.1) is 12.2 Å². The maximum atomic E-state index is 11.4. The van der Waals surface area contributed by atoms with E-state index in [4.69, 9.17) is 0 Å². The second-order valence-corrected chi connectivity index (χ2v) is 6.00. The van der Waals surface area contributed by atoms with Crippen LogP contribution in [0.15, 0.2) is 11.6 Å². The van der Waals surface area contributed by atoms with E-state index in [2.05, 4.69) is 0 Å². The molecule has 4 nitrogen and oxygen atoms in total. The standard InChI is InChI=1S/C15H24O4/c16-12-5-1-10(2-6-12)9-14(15(18)19)11-3-7-13(17)8-4-11/h9-13,16-17H,1-8H2,(H,18,19)/b14-9+. The lowest BCUT2D eigenvalue weighted by atomic mass is 9.79. The number of hydrogen-bond acceptors (Lipinski definition) is 3. The van der Waals surface area contributed by atoms with E-state index in [1.807, 2.05) is 6.08 Å². The van der Waals surface area contributed by atoms with Crippen LogP contribution in [0.3, 0.4) is 0 Å². The monoisotopic (exact) mass is 268 g/mol. The van der Waals surface area contributed by atoms with E-state index in [9.17, 15) is 20.1 Å². The van der Waals surface area contributed by atoms with Crippen LogP contribution in [0.2, 0.25) is 0 Å². The van der Waals surface area contributed by atoms with Gasteiger partial charge < -0.3 is 15.3 Å². The van der Waals surface area contributed by atoms with E-state index >= 15 is 0 Å². The van der Waals surface area contributed by atoms with Crippen molar-refractivity contribution in [3.05, 3.63) is 11.6 Å². The molecule has 2 aliphatic carbocycles. The number of aliphatic hydroxyl groups excluding tert-OH is 2. The van der Waals surface area contributed by atoms with E-state index < -0.39 is 5.97 Å². The fourth-order valence-electron chi connectivity index (χ4n) is 3.29. The van der Waals surface area contributed by atoms with Gasteiger partial charge in [-0.3, -0.25) is 0 Å². The van der Waals surface area contributed by atoms with Crippen LogP contribution < -0.4 is 0 Å². The van der Waals surface area contributed by atoms with Gasteiger partial charge in [-0.05, 0) is 63.2 Å². The van der Waals surface area contributed by atoms with Gasteiger partial charge in [-0.2, -0.15) is 0 Å². The molecule has 0 amide bonds. The number of rotatable bonds is 3. The average molecular weight is 268 g/mol. The first-order valence-corrected chi connectivity index (χ1v) is 7.37. The second kappa shape index (κ2) is 6.53. The Bertz CT molecular complexity index is 334. The Kier molecular flexibility index (Phi) is 4.99. The molecule has 19 heavy (non-hydrogen) atoms. The number of hydrogen-bond donors (Lipinski definition) is 3. The van der Waals surface area contributed by atoms with Gasteiger partial charge in [0, 0.05) is 5.57 Å². The zero-order valence-electron chi connectivity index (χ0n) is 11.3. The molecule has 0 atom stereocenters.